The van der Waals surface area contributed by atoms with Crippen LogP contribution in [0.3, 0.4) is 0 Å². The molecule has 0 amide bonds. The number of esters is 1. The zero-order valence-electron chi connectivity index (χ0n) is 18.1. The van der Waals surface area contributed by atoms with Crippen molar-refractivity contribution in [3.05, 3.63) is 65.3 Å². The number of aromatic nitrogens is 1. The van der Waals surface area contributed by atoms with Gasteiger partial charge in [-0.25, -0.2) is 19.2 Å². The normalized spacial score (nSPS) is 20.4. The van der Waals surface area contributed by atoms with E-state index in [-0.39, 0.29) is 17.2 Å². The highest BCUT2D eigenvalue weighted by atomic mass is 19.1. The molecule has 1 fully saturated rings. The van der Waals surface area contributed by atoms with Crippen LogP contribution in [0, 0.1) is 5.82 Å². The highest BCUT2D eigenvalue weighted by Crippen LogP contribution is 2.40. The molecule has 1 aliphatic heterocycles. The van der Waals surface area contributed by atoms with E-state index in [1.165, 1.54) is 24.3 Å². The summed E-state index contributed by atoms with van der Waals surface area (Å²) in [6.45, 7) is 0. The summed E-state index contributed by atoms with van der Waals surface area (Å²) in [7, 11) is 0. The van der Waals surface area contributed by atoms with Crippen LogP contribution in [0.25, 0.3) is 11.6 Å². The number of carbonyl (C=O) groups is 1. The Morgan fingerprint density at radius 2 is 2.06 bits per heavy atom. The van der Waals surface area contributed by atoms with Crippen molar-refractivity contribution in [2.24, 2.45) is 4.99 Å². The van der Waals surface area contributed by atoms with E-state index in [2.05, 4.69) is 15.3 Å². The number of ether oxygens (including phenoxy) is 1. The van der Waals surface area contributed by atoms with Gasteiger partial charge in [0.05, 0.1) is 6.10 Å². The number of carbonyl (C=O) groups excluding carboxylic acids is 1. The Kier molecular flexibility index (Phi) is 5.85. The number of aromatic hydroxyl groups is 1. The molecule has 0 radical (unpaired) electrons. The zero-order chi connectivity index (χ0) is 23.7. The van der Waals surface area contributed by atoms with E-state index in [1.807, 2.05) is 6.07 Å². The minimum absolute atomic E-state index is 0.0263. The Balaban J connectivity index is 1.50. The molecule has 3 N–H and O–H groups in total. The van der Waals surface area contributed by atoms with Crippen LogP contribution in [0.4, 0.5) is 21.8 Å². The van der Waals surface area contributed by atoms with Crippen LogP contribution < -0.4 is 5.32 Å². The van der Waals surface area contributed by atoms with Crippen molar-refractivity contribution >= 4 is 41.2 Å². The molecule has 8 nitrogen and oxygen atoms in total. The number of anilines is 2. The minimum atomic E-state index is -0.781. The van der Waals surface area contributed by atoms with Gasteiger partial charge in [0.1, 0.15) is 11.9 Å². The van der Waals surface area contributed by atoms with Crippen molar-refractivity contribution in [1.82, 2.24) is 4.98 Å². The van der Waals surface area contributed by atoms with Gasteiger partial charge in [0.15, 0.2) is 22.9 Å². The number of furan rings is 1. The van der Waals surface area contributed by atoms with Gasteiger partial charge in [-0.1, -0.05) is 0 Å². The first-order valence-corrected chi connectivity index (χ1v) is 11.0. The highest BCUT2D eigenvalue weighted by molar-refractivity contribution is 6.21. The van der Waals surface area contributed by atoms with Crippen LogP contribution in [0.1, 0.15) is 47.4 Å². The van der Waals surface area contributed by atoms with Gasteiger partial charge in [-0.15, -0.1) is 0 Å². The van der Waals surface area contributed by atoms with E-state index in [0.717, 1.165) is 12.0 Å². The fourth-order valence-electron chi connectivity index (χ4n) is 4.10. The second-order valence-corrected chi connectivity index (χ2v) is 8.23. The predicted molar refractivity (Wildman–Crippen MR) is 124 cm³/mol. The maximum Gasteiger partial charge on any atom is 0.347 e. The van der Waals surface area contributed by atoms with Crippen molar-refractivity contribution in [3.63, 3.8) is 0 Å². The largest absolute Gasteiger partial charge is 0.504 e. The van der Waals surface area contributed by atoms with E-state index in [0.29, 0.717) is 36.3 Å². The topological polar surface area (TPSA) is 117 Å². The molecule has 174 valence electrons. The summed E-state index contributed by atoms with van der Waals surface area (Å²) in [4.78, 5) is 21.5. The second kappa shape index (κ2) is 9.11. The van der Waals surface area contributed by atoms with E-state index >= 15 is 0 Å². The van der Waals surface area contributed by atoms with E-state index in [9.17, 15) is 19.4 Å². The number of hydrogen-bond donors (Lipinski definition) is 3. The van der Waals surface area contributed by atoms with Crippen molar-refractivity contribution in [1.29, 1.82) is 0 Å². The predicted octanol–water partition coefficient (Wildman–Crippen LogP) is 4.98. The van der Waals surface area contributed by atoms with Crippen LogP contribution in [-0.4, -0.2) is 39.6 Å². The summed E-state index contributed by atoms with van der Waals surface area (Å²) < 4.78 is 24.7. The van der Waals surface area contributed by atoms with Gasteiger partial charge in [0, 0.05) is 35.7 Å². The third-order valence-electron chi connectivity index (χ3n) is 5.80. The van der Waals surface area contributed by atoms with Gasteiger partial charge < -0.3 is 24.7 Å². The van der Waals surface area contributed by atoms with Crippen LogP contribution in [0.15, 0.2) is 52.0 Å². The SMILES string of the molecule is O=C(OC1CCCC(O)C1)c1c(Nc2ccc(F)cc2)oc(C=C2C=Nc3ncccc32)c1O. The molecule has 0 spiro atoms. The quantitative estimate of drug-likeness (QED) is 0.457. The molecule has 1 saturated carbocycles. The highest BCUT2D eigenvalue weighted by Gasteiger charge is 2.31. The Morgan fingerprint density at radius 3 is 2.85 bits per heavy atom. The molecule has 0 bridgehead atoms. The first-order chi connectivity index (χ1) is 16.5. The molecule has 2 atom stereocenters. The average molecular weight is 463 g/mol. The molecule has 1 aliphatic carbocycles. The minimum Gasteiger partial charge on any atom is -0.504 e. The second-order valence-electron chi connectivity index (χ2n) is 8.23. The van der Waals surface area contributed by atoms with Gasteiger partial charge in [-0.3, -0.25) is 0 Å². The maximum atomic E-state index is 13.3. The summed E-state index contributed by atoms with van der Waals surface area (Å²) in [5.74, 6) is -1.07. The molecule has 2 unspecified atom stereocenters. The molecule has 1 aromatic carbocycles. The van der Waals surface area contributed by atoms with Crippen LogP contribution in [0.2, 0.25) is 0 Å². The molecule has 5 rings (SSSR count). The molecule has 0 saturated heterocycles. The summed E-state index contributed by atoms with van der Waals surface area (Å²) in [5.41, 5.74) is 1.67. The Bertz CT molecular complexity index is 1280. The lowest BCUT2D eigenvalue weighted by Crippen LogP contribution is -2.28. The monoisotopic (exact) mass is 463 g/mol. The van der Waals surface area contributed by atoms with Crippen molar-refractivity contribution in [2.75, 3.05) is 5.32 Å². The van der Waals surface area contributed by atoms with Crippen LogP contribution in [-0.2, 0) is 4.74 Å². The van der Waals surface area contributed by atoms with Crippen molar-refractivity contribution in [3.8, 4) is 5.75 Å². The maximum absolute atomic E-state index is 13.3. The number of rotatable bonds is 5. The average Bonchev–Trinajstić information content (AvgIpc) is 3.36. The number of fused-ring (bicyclic) bond motifs is 1. The van der Waals surface area contributed by atoms with Crippen molar-refractivity contribution in [2.45, 2.75) is 37.9 Å². The van der Waals surface area contributed by atoms with Crippen molar-refractivity contribution < 1.29 is 28.6 Å². The summed E-state index contributed by atoms with van der Waals surface area (Å²) in [5, 5.41) is 23.8. The van der Waals surface area contributed by atoms with Crippen LogP contribution >= 0.6 is 0 Å². The van der Waals surface area contributed by atoms with E-state index in [1.54, 1.807) is 24.6 Å². The lowest BCUT2D eigenvalue weighted by Gasteiger charge is -2.25. The number of hydrogen-bond acceptors (Lipinski definition) is 8. The number of pyridine rings is 1. The molecular formula is C25H22FN3O5. The summed E-state index contributed by atoms with van der Waals surface area (Å²) in [6.07, 6.45) is 6.14. The first-order valence-electron chi connectivity index (χ1n) is 11.0. The van der Waals surface area contributed by atoms with Gasteiger partial charge in [-0.2, -0.15) is 0 Å². The molecule has 3 aromatic rings. The van der Waals surface area contributed by atoms with Gasteiger partial charge >= 0.3 is 5.97 Å². The molecule has 34 heavy (non-hydrogen) atoms. The fourth-order valence-corrected chi connectivity index (χ4v) is 4.10. The first kappa shape index (κ1) is 21.8. The Hall–Kier alpha value is -3.98. The number of nitrogens with one attached hydrogen (secondary N) is 1. The fraction of sp³-hybridized carbons (Fsp3) is 0.240. The molecular weight excluding hydrogens is 441 g/mol. The Labute approximate surface area is 194 Å². The third kappa shape index (κ3) is 4.42. The smallest absolute Gasteiger partial charge is 0.347 e. The lowest BCUT2D eigenvalue weighted by atomic mass is 9.95. The van der Waals surface area contributed by atoms with Gasteiger partial charge in [-0.05, 0) is 61.7 Å². The Morgan fingerprint density at radius 1 is 1.24 bits per heavy atom. The number of nitrogens with zero attached hydrogens (tertiary/aromatic N) is 2. The number of benzene rings is 1. The number of allylic oxidation sites excluding steroid dienone is 1. The lowest BCUT2D eigenvalue weighted by molar-refractivity contribution is -0.00234. The molecule has 9 heteroatoms. The molecule has 3 heterocycles. The molecule has 2 aromatic heterocycles. The zero-order valence-corrected chi connectivity index (χ0v) is 18.1. The number of halogens is 1. The van der Waals surface area contributed by atoms with Crippen LogP contribution in [0.5, 0.6) is 5.75 Å². The van der Waals surface area contributed by atoms with Gasteiger partial charge in [0.2, 0.25) is 5.88 Å². The van der Waals surface area contributed by atoms with E-state index < -0.39 is 29.7 Å². The third-order valence-corrected chi connectivity index (χ3v) is 5.80. The summed E-state index contributed by atoms with van der Waals surface area (Å²) >= 11 is 0. The summed E-state index contributed by atoms with van der Waals surface area (Å²) in [6, 6.07) is 9.08. The number of aliphatic hydroxyl groups excluding tert-OH is 1. The van der Waals surface area contributed by atoms with Gasteiger partial charge in [0.25, 0.3) is 0 Å². The number of aliphatic imine (C=N–C) groups is 1. The van der Waals surface area contributed by atoms with E-state index in [4.69, 9.17) is 9.15 Å². The standard InChI is InChI=1S/C25H22FN3O5/c26-15-6-8-16(9-7-15)29-24-21(25(32)33-18-4-1-3-17(30)12-18)22(31)20(34-24)11-14-13-28-23-19(14)5-2-10-27-23/h2,5-11,13,17-18,29-31H,1,3-4,12H2. The number of aliphatic hydroxyl groups is 1. The molecule has 2 aliphatic rings.